The third kappa shape index (κ3) is 4.01. The van der Waals surface area contributed by atoms with Gasteiger partial charge >= 0.3 is 0 Å². The number of rotatable bonds is 5. The molecule has 2 rings (SSSR count). The van der Waals surface area contributed by atoms with E-state index < -0.39 is 0 Å². The van der Waals surface area contributed by atoms with Gasteiger partial charge < -0.3 is 4.74 Å². The third-order valence-corrected chi connectivity index (χ3v) is 3.79. The molecule has 1 aromatic heterocycles. The Kier molecular flexibility index (Phi) is 4.57. The van der Waals surface area contributed by atoms with Crippen molar-refractivity contribution in [3.05, 3.63) is 34.2 Å². The Balaban J connectivity index is 2.07. The van der Waals surface area contributed by atoms with Crippen LogP contribution in [0.5, 0.6) is 0 Å². The lowest BCUT2D eigenvalue weighted by Gasteiger charge is -2.22. The first kappa shape index (κ1) is 14.5. The fourth-order valence-electron chi connectivity index (χ4n) is 1.65. The second-order valence-electron chi connectivity index (χ2n) is 5.06. The van der Waals surface area contributed by atoms with Crippen LogP contribution in [-0.4, -0.2) is 27.5 Å². The first-order valence-corrected chi connectivity index (χ1v) is 7.28. The first-order chi connectivity index (χ1) is 9.00. The van der Waals surface area contributed by atoms with E-state index >= 15 is 0 Å². The molecule has 1 heterocycles. The smallest absolute Gasteiger partial charge is 0.181 e. The molecule has 0 aliphatic carbocycles. The van der Waals surface area contributed by atoms with Gasteiger partial charge in [-0.25, -0.2) is 4.98 Å². The molecule has 0 N–H and O–H groups in total. The van der Waals surface area contributed by atoms with Crippen molar-refractivity contribution in [3.63, 3.8) is 0 Å². The minimum absolute atomic E-state index is 0.131. The van der Waals surface area contributed by atoms with Crippen molar-refractivity contribution in [1.29, 1.82) is 0 Å². The summed E-state index contributed by atoms with van der Waals surface area (Å²) in [5, 5.41) is 4.51. The number of ether oxygens (including phenoxy) is 1. The number of aryl methyl sites for hydroxylation is 1. The van der Waals surface area contributed by atoms with Crippen LogP contribution >= 0.6 is 22.6 Å². The number of hydrogen-bond donors (Lipinski definition) is 0. The summed E-state index contributed by atoms with van der Waals surface area (Å²) in [7, 11) is 1.73. The lowest BCUT2D eigenvalue weighted by molar-refractivity contribution is 0.0113. The van der Waals surface area contributed by atoms with Gasteiger partial charge in [0.05, 0.1) is 5.60 Å². The molecule has 102 valence electrons. The number of hydrogen-bond acceptors (Lipinski definition) is 3. The van der Waals surface area contributed by atoms with E-state index in [2.05, 4.69) is 58.7 Å². The molecule has 0 fully saturated rings. The monoisotopic (exact) mass is 371 g/mol. The Bertz CT molecular complexity index is 551. The fraction of sp³-hybridized carbons (Fsp3) is 0.429. The van der Waals surface area contributed by atoms with Crippen LogP contribution in [0.15, 0.2) is 30.6 Å². The van der Waals surface area contributed by atoms with Crippen LogP contribution in [0.25, 0.3) is 11.4 Å². The summed E-state index contributed by atoms with van der Waals surface area (Å²) >= 11 is 2.29. The van der Waals surface area contributed by atoms with E-state index in [1.165, 1.54) is 3.57 Å². The van der Waals surface area contributed by atoms with Crippen LogP contribution in [0.1, 0.15) is 20.3 Å². The number of methoxy groups -OCH3 is 1. The largest absolute Gasteiger partial charge is 0.379 e. The summed E-state index contributed by atoms with van der Waals surface area (Å²) in [6, 6.07) is 8.19. The lowest BCUT2D eigenvalue weighted by Crippen LogP contribution is -2.24. The van der Waals surface area contributed by atoms with Gasteiger partial charge in [0.25, 0.3) is 0 Å². The maximum Gasteiger partial charge on any atom is 0.181 e. The average Bonchev–Trinajstić information content (AvgIpc) is 2.85. The maximum absolute atomic E-state index is 5.40. The SMILES string of the molecule is COC(C)(C)CCn1cnc(-c2cccc(I)c2)n1. The Labute approximate surface area is 127 Å². The zero-order valence-corrected chi connectivity index (χ0v) is 13.6. The summed E-state index contributed by atoms with van der Waals surface area (Å²) in [4.78, 5) is 4.36. The van der Waals surface area contributed by atoms with Gasteiger partial charge in [0.1, 0.15) is 6.33 Å². The van der Waals surface area contributed by atoms with Crippen LogP contribution < -0.4 is 0 Å². The topological polar surface area (TPSA) is 39.9 Å². The van der Waals surface area contributed by atoms with Crippen molar-refractivity contribution in [2.75, 3.05) is 7.11 Å². The number of halogens is 1. The van der Waals surface area contributed by atoms with Crippen molar-refractivity contribution < 1.29 is 4.74 Å². The summed E-state index contributed by atoms with van der Waals surface area (Å²) in [6.07, 6.45) is 2.68. The van der Waals surface area contributed by atoms with E-state index in [4.69, 9.17) is 4.74 Å². The molecule has 0 aliphatic rings. The highest BCUT2D eigenvalue weighted by molar-refractivity contribution is 14.1. The quantitative estimate of drug-likeness (QED) is 0.757. The van der Waals surface area contributed by atoms with Gasteiger partial charge in [-0.05, 0) is 55.0 Å². The van der Waals surface area contributed by atoms with Gasteiger partial charge in [0.15, 0.2) is 5.82 Å². The van der Waals surface area contributed by atoms with Crippen LogP contribution in [0.3, 0.4) is 0 Å². The highest BCUT2D eigenvalue weighted by atomic mass is 127. The second kappa shape index (κ2) is 6.00. The van der Waals surface area contributed by atoms with E-state index in [1.54, 1.807) is 13.4 Å². The van der Waals surface area contributed by atoms with Gasteiger partial charge in [-0.1, -0.05) is 12.1 Å². The summed E-state index contributed by atoms with van der Waals surface area (Å²) in [5.74, 6) is 0.772. The molecule has 5 heteroatoms. The molecule has 0 bridgehead atoms. The van der Waals surface area contributed by atoms with Crippen molar-refractivity contribution in [3.8, 4) is 11.4 Å². The van der Waals surface area contributed by atoms with Crippen LogP contribution in [0.4, 0.5) is 0 Å². The van der Waals surface area contributed by atoms with Crippen LogP contribution in [-0.2, 0) is 11.3 Å². The molecule has 0 spiro atoms. The predicted octanol–water partition coefficient (Wildman–Crippen LogP) is 3.36. The van der Waals surface area contributed by atoms with Crippen molar-refractivity contribution >= 4 is 22.6 Å². The fourth-order valence-corrected chi connectivity index (χ4v) is 2.19. The number of nitrogens with zero attached hydrogens (tertiary/aromatic N) is 3. The molecule has 4 nitrogen and oxygen atoms in total. The maximum atomic E-state index is 5.40. The van der Waals surface area contributed by atoms with Gasteiger partial charge in [-0.2, -0.15) is 5.10 Å². The molecule has 0 saturated heterocycles. The minimum atomic E-state index is -0.131. The average molecular weight is 371 g/mol. The zero-order chi connectivity index (χ0) is 13.9. The molecular formula is C14H18IN3O. The normalized spacial score (nSPS) is 11.8. The second-order valence-corrected chi connectivity index (χ2v) is 6.30. The van der Waals surface area contributed by atoms with Gasteiger partial charge in [-0.15, -0.1) is 0 Å². The van der Waals surface area contributed by atoms with Gasteiger partial charge in [-0.3, -0.25) is 4.68 Å². The minimum Gasteiger partial charge on any atom is -0.379 e. The molecule has 0 saturated carbocycles. The molecule has 2 aromatic rings. The summed E-state index contributed by atoms with van der Waals surface area (Å²) < 4.78 is 8.46. The molecule has 0 aliphatic heterocycles. The van der Waals surface area contributed by atoms with Gasteiger partial charge in [0, 0.05) is 22.8 Å². The Morgan fingerprint density at radius 1 is 1.37 bits per heavy atom. The third-order valence-electron chi connectivity index (χ3n) is 3.11. The molecule has 0 unspecified atom stereocenters. The van der Waals surface area contributed by atoms with Gasteiger partial charge in [0.2, 0.25) is 0 Å². The standard InChI is InChI=1S/C14H18IN3O/c1-14(2,19-3)7-8-18-10-16-13(17-18)11-5-4-6-12(15)9-11/h4-6,9-10H,7-8H2,1-3H3. The van der Waals surface area contributed by atoms with Crippen molar-refractivity contribution in [2.45, 2.75) is 32.4 Å². The van der Waals surface area contributed by atoms with Crippen LogP contribution in [0.2, 0.25) is 0 Å². The predicted molar refractivity (Wildman–Crippen MR) is 83.9 cm³/mol. The van der Waals surface area contributed by atoms with E-state index in [0.29, 0.717) is 0 Å². The molecule has 0 radical (unpaired) electrons. The van der Waals surface area contributed by atoms with Crippen LogP contribution in [0, 0.1) is 3.57 Å². The zero-order valence-electron chi connectivity index (χ0n) is 11.4. The molecule has 0 amide bonds. The lowest BCUT2D eigenvalue weighted by atomic mass is 10.1. The highest BCUT2D eigenvalue weighted by Gasteiger charge is 2.16. The van der Waals surface area contributed by atoms with Crippen molar-refractivity contribution in [1.82, 2.24) is 14.8 Å². The Hall–Kier alpha value is -0.950. The Morgan fingerprint density at radius 3 is 2.84 bits per heavy atom. The van der Waals surface area contributed by atoms with E-state index in [9.17, 15) is 0 Å². The summed E-state index contributed by atoms with van der Waals surface area (Å²) in [6.45, 7) is 4.95. The highest BCUT2D eigenvalue weighted by Crippen LogP contribution is 2.18. The van der Waals surface area contributed by atoms with E-state index in [0.717, 1.165) is 24.4 Å². The molecule has 0 atom stereocenters. The molecular weight excluding hydrogens is 353 g/mol. The first-order valence-electron chi connectivity index (χ1n) is 6.21. The number of benzene rings is 1. The molecule has 1 aromatic carbocycles. The summed E-state index contributed by atoms with van der Waals surface area (Å²) in [5.41, 5.74) is 0.922. The van der Waals surface area contributed by atoms with E-state index in [1.807, 2.05) is 16.8 Å². The van der Waals surface area contributed by atoms with Crippen molar-refractivity contribution in [2.24, 2.45) is 0 Å². The number of aromatic nitrogens is 3. The molecule has 19 heavy (non-hydrogen) atoms. The van der Waals surface area contributed by atoms with E-state index in [-0.39, 0.29) is 5.60 Å². The Morgan fingerprint density at radius 2 is 2.16 bits per heavy atom.